The molecule has 4 rings (SSSR count). The molecule has 4 aliphatic carbocycles. The molecule has 0 aromatic rings. The molecule has 9 atom stereocenters. The number of aliphatic hydroxyl groups is 3. The van der Waals surface area contributed by atoms with Crippen molar-refractivity contribution in [3.05, 3.63) is 11.6 Å². The summed E-state index contributed by atoms with van der Waals surface area (Å²) in [6, 6.07) is 0. The molecule has 0 spiro atoms. The maximum absolute atomic E-state index is 11.3. The number of terminal acetylenes is 1. The summed E-state index contributed by atoms with van der Waals surface area (Å²) >= 11 is 0. The molecule has 0 amide bonds. The lowest BCUT2D eigenvalue weighted by atomic mass is 9.47. The van der Waals surface area contributed by atoms with Crippen LogP contribution in [0.4, 0.5) is 0 Å². The van der Waals surface area contributed by atoms with Gasteiger partial charge in [0, 0.05) is 11.3 Å². The SMILES string of the molecule is C#C[C@]1(O)[C@@H](C)[C@H](O)C2C3CC=C4C[C@H](O)CC[C@]4(C)C3CC[C@@]21C. The van der Waals surface area contributed by atoms with Crippen molar-refractivity contribution in [1.82, 2.24) is 0 Å². The zero-order chi connectivity index (χ0) is 18.2. The van der Waals surface area contributed by atoms with Gasteiger partial charge in [0.15, 0.2) is 0 Å². The lowest BCUT2D eigenvalue weighted by molar-refractivity contribution is -0.111. The predicted molar refractivity (Wildman–Crippen MR) is 97.4 cm³/mol. The smallest absolute Gasteiger partial charge is 0.135 e. The Balaban J connectivity index is 1.76. The summed E-state index contributed by atoms with van der Waals surface area (Å²) in [5.74, 6) is 3.30. The number of allylic oxidation sites excluding steroid dienone is 1. The van der Waals surface area contributed by atoms with Gasteiger partial charge in [0.25, 0.3) is 0 Å². The van der Waals surface area contributed by atoms with Crippen LogP contribution in [0.5, 0.6) is 0 Å². The Morgan fingerprint density at radius 2 is 1.92 bits per heavy atom. The number of rotatable bonds is 0. The van der Waals surface area contributed by atoms with Crippen LogP contribution in [0.2, 0.25) is 0 Å². The first kappa shape index (κ1) is 17.6. The lowest BCUT2D eigenvalue weighted by Crippen LogP contribution is -2.55. The molecular weight excluding hydrogens is 312 g/mol. The molecule has 3 fully saturated rings. The van der Waals surface area contributed by atoms with Crippen molar-refractivity contribution in [2.75, 3.05) is 0 Å². The van der Waals surface area contributed by atoms with Gasteiger partial charge in [-0.3, -0.25) is 0 Å². The van der Waals surface area contributed by atoms with Crippen LogP contribution in [0.25, 0.3) is 0 Å². The highest BCUT2D eigenvalue weighted by atomic mass is 16.3. The van der Waals surface area contributed by atoms with Crippen molar-refractivity contribution < 1.29 is 15.3 Å². The van der Waals surface area contributed by atoms with Gasteiger partial charge in [-0.15, -0.1) is 6.42 Å². The van der Waals surface area contributed by atoms with E-state index in [1.165, 1.54) is 5.57 Å². The first-order valence-electron chi connectivity index (χ1n) is 9.95. The molecule has 3 saturated carbocycles. The van der Waals surface area contributed by atoms with Crippen LogP contribution in [-0.2, 0) is 0 Å². The molecule has 3 heteroatoms. The second kappa shape index (κ2) is 5.35. The van der Waals surface area contributed by atoms with Crippen LogP contribution in [0.3, 0.4) is 0 Å². The van der Waals surface area contributed by atoms with E-state index < -0.39 is 17.1 Å². The average molecular weight is 344 g/mol. The van der Waals surface area contributed by atoms with Gasteiger partial charge < -0.3 is 15.3 Å². The molecule has 3 N–H and O–H groups in total. The van der Waals surface area contributed by atoms with Gasteiger partial charge in [-0.1, -0.05) is 38.3 Å². The Bertz CT molecular complexity index is 648. The van der Waals surface area contributed by atoms with Crippen LogP contribution >= 0.6 is 0 Å². The van der Waals surface area contributed by atoms with E-state index in [0.717, 1.165) is 38.5 Å². The van der Waals surface area contributed by atoms with Crippen molar-refractivity contribution in [2.24, 2.45) is 34.5 Å². The lowest BCUT2D eigenvalue weighted by Gasteiger charge is -2.58. The van der Waals surface area contributed by atoms with Crippen molar-refractivity contribution in [1.29, 1.82) is 0 Å². The fraction of sp³-hybridized carbons (Fsp3) is 0.818. The summed E-state index contributed by atoms with van der Waals surface area (Å²) in [6.07, 6.45) is 12.9. The monoisotopic (exact) mass is 344 g/mol. The molecule has 0 aromatic carbocycles. The molecule has 0 saturated heterocycles. The Morgan fingerprint density at radius 3 is 2.60 bits per heavy atom. The average Bonchev–Trinajstić information content (AvgIpc) is 2.74. The van der Waals surface area contributed by atoms with Crippen molar-refractivity contribution in [3.8, 4) is 12.3 Å². The summed E-state index contributed by atoms with van der Waals surface area (Å²) in [4.78, 5) is 0. The standard InChI is InChI=1S/C22H32O3/c1-5-22(25)13(2)19(24)18-16-7-6-14-12-15(23)8-10-20(14,3)17(16)9-11-21(18,22)4/h1,6,13,15-19,23-25H,7-12H2,2-4H3/t13-,15+,16?,17?,18?,19-,20-,21-,22-/m0/s1. The Labute approximate surface area is 151 Å². The third-order valence-corrected chi connectivity index (χ3v) is 8.96. The molecule has 4 aliphatic rings. The second-order valence-electron chi connectivity index (χ2n) is 9.72. The van der Waals surface area contributed by atoms with Crippen LogP contribution in [0, 0.1) is 46.8 Å². The second-order valence-corrected chi connectivity index (χ2v) is 9.72. The van der Waals surface area contributed by atoms with Crippen LogP contribution in [0.15, 0.2) is 11.6 Å². The van der Waals surface area contributed by atoms with E-state index in [1.807, 2.05) is 6.92 Å². The van der Waals surface area contributed by atoms with E-state index >= 15 is 0 Å². The van der Waals surface area contributed by atoms with Gasteiger partial charge in [-0.05, 0) is 61.7 Å². The minimum absolute atomic E-state index is 0.0452. The molecular formula is C22H32O3. The first-order valence-corrected chi connectivity index (χ1v) is 9.95. The Kier molecular flexibility index (Phi) is 3.76. The highest BCUT2D eigenvalue weighted by Gasteiger charge is 2.69. The van der Waals surface area contributed by atoms with E-state index in [4.69, 9.17) is 6.42 Å². The zero-order valence-electron chi connectivity index (χ0n) is 15.7. The summed E-state index contributed by atoms with van der Waals surface area (Å²) < 4.78 is 0. The maximum atomic E-state index is 11.3. The van der Waals surface area contributed by atoms with Crippen LogP contribution in [-0.4, -0.2) is 33.1 Å². The third kappa shape index (κ3) is 2.00. The van der Waals surface area contributed by atoms with Gasteiger partial charge >= 0.3 is 0 Å². The minimum atomic E-state index is -1.23. The molecule has 0 radical (unpaired) electrons. The fourth-order valence-electron chi connectivity index (χ4n) is 7.34. The summed E-state index contributed by atoms with van der Waals surface area (Å²) in [5, 5.41) is 32.4. The Morgan fingerprint density at radius 1 is 1.20 bits per heavy atom. The Hall–Kier alpha value is -0.820. The summed E-state index contributed by atoms with van der Waals surface area (Å²) in [5.41, 5.74) is -0.0970. The van der Waals surface area contributed by atoms with Gasteiger partial charge in [-0.2, -0.15) is 0 Å². The van der Waals surface area contributed by atoms with Crippen LogP contribution in [0.1, 0.15) is 59.3 Å². The number of hydrogen-bond donors (Lipinski definition) is 3. The van der Waals surface area contributed by atoms with Crippen molar-refractivity contribution in [2.45, 2.75) is 77.1 Å². The summed E-state index contributed by atoms with van der Waals surface area (Å²) in [6.45, 7) is 6.38. The van der Waals surface area contributed by atoms with Crippen molar-refractivity contribution >= 4 is 0 Å². The predicted octanol–water partition coefficient (Wildman–Crippen LogP) is 2.89. The van der Waals surface area contributed by atoms with Gasteiger partial charge in [0.1, 0.15) is 5.60 Å². The molecule has 138 valence electrons. The topological polar surface area (TPSA) is 60.7 Å². The van der Waals surface area contributed by atoms with E-state index in [9.17, 15) is 15.3 Å². The molecule has 0 aromatic heterocycles. The van der Waals surface area contributed by atoms with E-state index in [-0.39, 0.29) is 23.4 Å². The largest absolute Gasteiger partial charge is 0.393 e. The van der Waals surface area contributed by atoms with E-state index in [1.54, 1.807) is 0 Å². The first-order chi connectivity index (χ1) is 11.7. The van der Waals surface area contributed by atoms with Gasteiger partial charge in [-0.25, -0.2) is 0 Å². The van der Waals surface area contributed by atoms with Gasteiger partial charge in [0.05, 0.1) is 12.2 Å². The molecule has 25 heavy (non-hydrogen) atoms. The van der Waals surface area contributed by atoms with E-state index in [0.29, 0.717) is 11.8 Å². The van der Waals surface area contributed by atoms with Gasteiger partial charge in [0.2, 0.25) is 0 Å². The highest BCUT2D eigenvalue weighted by Crippen LogP contribution is 2.68. The fourth-order valence-corrected chi connectivity index (χ4v) is 7.34. The van der Waals surface area contributed by atoms with Crippen LogP contribution < -0.4 is 0 Å². The number of aliphatic hydroxyl groups excluding tert-OH is 2. The molecule has 0 aliphatic heterocycles. The number of hydrogen-bond acceptors (Lipinski definition) is 3. The third-order valence-electron chi connectivity index (χ3n) is 8.96. The quantitative estimate of drug-likeness (QED) is 0.468. The molecule has 0 bridgehead atoms. The minimum Gasteiger partial charge on any atom is -0.393 e. The number of fused-ring (bicyclic) bond motifs is 5. The summed E-state index contributed by atoms with van der Waals surface area (Å²) in [7, 11) is 0. The van der Waals surface area contributed by atoms with E-state index in [2.05, 4.69) is 25.8 Å². The molecule has 3 unspecified atom stereocenters. The zero-order valence-corrected chi connectivity index (χ0v) is 15.7. The maximum Gasteiger partial charge on any atom is 0.135 e. The molecule has 3 nitrogen and oxygen atoms in total. The molecule has 0 heterocycles. The van der Waals surface area contributed by atoms with Crippen molar-refractivity contribution in [3.63, 3.8) is 0 Å². The normalized spacial score (nSPS) is 57.7. The highest BCUT2D eigenvalue weighted by molar-refractivity contribution is 5.31.